The number of anilines is 2. The van der Waals surface area contributed by atoms with Crippen LogP contribution in [0.5, 0.6) is 0 Å². The molecule has 4 N–H and O–H groups in total. The van der Waals surface area contributed by atoms with Crippen LogP contribution >= 0.6 is 0 Å². The average Bonchev–Trinajstić information content (AvgIpc) is 2.33. The van der Waals surface area contributed by atoms with Gasteiger partial charge in [-0.2, -0.15) is 4.98 Å². The zero-order valence-electron chi connectivity index (χ0n) is 10.3. The van der Waals surface area contributed by atoms with Gasteiger partial charge in [-0.25, -0.2) is 10.8 Å². The summed E-state index contributed by atoms with van der Waals surface area (Å²) in [6.45, 7) is 5.65. The Kier molecular flexibility index (Phi) is 3.44. The van der Waals surface area contributed by atoms with E-state index in [0.717, 1.165) is 30.8 Å². The minimum atomic E-state index is -0.0662. The van der Waals surface area contributed by atoms with Crippen LogP contribution in [0.2, 0.25) is 0 Å². The van der Waals surface area contributed by atoms with Crippen molar-refractivity contribution in [2.24, 2.45) is 5.84 Å². The Morgan fingerprint density at radius 1 is 1.53 bits per heavy atom. The lowest BCUT2D eigenvalue weighted by molar-refractivity contribution is 0.0538. The van der Waals surface area contributed by atoms with Gasteiger partial charge in [0.1, 0.15) is 5.82 Å². The number of nitrogens with two attached hydrogens (primary N) is 1. The topological polar surface area (TPSA) is 85.1 Å². The maximum atomic E-state index is 5.51. The summed E-state index contributed by atoms with van der Waals surface area (Å²) in [5.41, 5.74) is 3.38. The number of nitrogen functional groups attached to an aromatic ring is 1. The fraction of sp³-hybridized carbons (Fsp3) is 0.636. The summed E-state index contributed by atoms with van der Waals surface area (Å²) in [5.74, 6) is 6.53. The lowest BCUT2D eigenvalue weighted by atomic mass is 9.95. The van der Waals surface area contributed by atoms with E-state index >= 15 is 0 Å². The molecule has 1 aromatic rings. The first-order chi connectivity index (χ1) is 8.13. The van der Waals surface area contributed by atoms with Crippen molar-refractivity contribution in [1.29, 1.82) is 0 Å². The average molecular weight is 237 g/mol. The number of nitrogens with one attached hydrogen (secondary N) is 2. The zero-order chi connectivity index (χ0) is 12.3. The molecule has 0 amide bonds. The summed E-state index contributed by atoms with van der Waals surface area (Å²) in [7, 11) is 0. The Labute approximate surface area is 101 Å². The molecular formula is C11H19N5O. The van der Waals surface area contributed by atoms with Crippen molar-refractivity contribution in [3.63, 3.8) is 0 Å². The van der Waals surface area contributed by atoms with Gasteiger partial charge < -0.3 is 10.1 Å². The van der Waals surface area contributed by atoms with Gasteiger partial charge in [-0.1, -0.05) is 0 Å². The Bertz CT molecular complexity index is 389. The van der Waals surface area contributed by atoms with Gasteiger partial charge in [-0.3, -0.25) is 5.43 Å². The summed E-state index contributed by atoms with van der Waals surface area (Å²) in [6.07, 6.45) is 3.88. The van der Waals surface area contributed by atoms with E-state index in [2.05, 4.69) is 27.6 Å². The normalized spacial score (nSPS) is 24.4. The molecular weight excluding hydrogens is 218 g/mol. The van der Waals surface area contributed by atoms with Gasteiger partial charge >= 0.3 is 0 Å². The largest absolute Gasteiger partial charge is 0.379 e. The van der Waals surface area contributed by atoms with Gasteiger partial charge in [0.2, 0.25) is 5.95 Å². The third kappa shape index (κ3) is 2.83. The molecule has 0 aromatic carbocycles. The highest BCUT2D eigenvalue weighted by atomic mass is 16.5. The highest BCUT2D eigenvalue weighted by Gasteiger charge is 2.28. The second-order valence-corrected chi connectivity index (χ2v) is 4.71. The Morgan fingerprint density at radius 3 is 3.00 bits per heavy atom. The molecule has 17 heavy (non-hydrogen) atoms. The first kappa shape index (κ1) is 12.1. The number of aryl methyl sites for hydroxylation is 1. The number of hydrogen-bond donors (Lipinski definition) is 3. The highest BCUT2D eigenvalue weighted by Crippen LogP contribution is 2.24. The van der Waals surface area contributed by atoms with Gasteiger partial charge in [0, 0.05) is 18.4 Å². The molecule has 0 saturated carbocycles. The Morgan fingerprint density at radius 2 is 2.35 bits per heavy atom. The van der Waals surface area contributed by atoms with Crippen molar-refractivity contribution in [1.82, 2.24) is 9.97 Å². The SMILES string of the molecule is Cc1cnc(NN)nc1NC1(C)CCCOC1. The molecule has 94 valence electrons. The zero-order valence-corrected chi connectivity index (χ0v) is 10.3. The van der Waals surface area contributed by atoms with Crippen LogP contribution in [0.15, 0.2) is 6.20 Å². The summed E-state index contributed by atoms with van der Waals surface area (Å²) in [5, 5.41) is 3.43. The van der Waals surface area contributed by atoms with Gasteiger partial charge in [0.15, 0.2) is 0 Å². The molecule has 2 heterocycles. The molecule has 1 aromatic heterocycles. The summed E-state index contributed by atoms with van der Waals surface area (Å²) in [6, 6.07) is 0. The molecule has 2 rings (SSSR count). The van der Waals surface area contributed by atoms with E-state index in [-0.39, 0.29) is 5.54 Å². The van der Waals surface area contributed by atoms with E-state index in [1.165, 1.54) is 0 Å². The predicted octanol–water partition coefficient (Wildman–Crippen LogP) is 1.05. The van der Waals surface area contributed by atoms with Gasteiger partial charge in [0.05, 0.1) is 12.1 Å². The number of rotatable bonds is 3. The number of hydrazine groups is 1. The fourth-order valence-corrected chi connectivity index (χ4v) is 1.96. The predicted molar refractivity (Wildman–Crippen MR) is 66.7 cm³/mol. The number of nitrogens with zero attached hydrogens (tertiary/aromatic N) is 2. The second kappa shape index (κ2) is 4.85. The van der Waals surface area contributed by atoms with E-state index in [9.17, 15) is 0 Å². The maximum absolute atomic E-state index is 5.51. The second-order valence-electron chi connectivity index (χ2n) is 4.71. The lowest BCUT2D eigenvalue weighted by Gasteiger charge is -2.35. The van der Waals surface area contributed by atoms with Crippen LogP contribution in [0.3, 0.4) is 0 Å². The van der Waals surface area contributed by atoms with Crippen LogP contribution in [-0.2, 0) is 4.74 Å². The fourth-order valence-electron chi connectivity index (χ4n) is 1.96. The molecule has 1 unspecified atom stereocenters. The van der Waals surface area contributed by atoms with Crippen molar-refractivity contribution in [3.05, 3.63) is 11.8 Å². The smallest absolute Gasteiger partial charge is 0.239 e. The van der Waals surface area contributed by atoms with Crippen molar-refractivity contribution < 1.29 is 4.74 Å². The van der Waals surface area contributed by atoms with E-state index in [0.29, 0.717) is 12.6 Å². The van der Waals surface area contributed by atoms with Crippen molar-refractivity contribution in [2.75, 3.05) is 24.0 Å². The molecule has 0 bridgehead atoms. The molecule has 1 aliphatic heterocycles. The molecule has 0 radical (unpaired) electrons. The highest BCUT2D eigenvalue weighted by molar-refractivity contribution is 5.48. The van der Waals surface area contributed by atoms with Crippen molar-refractivity contribution >= 4 is 11.8 Å². The van der Waals surface area contributed by atoms with Crippen molar-refractivity contribution in [2.45, 2.75) is 32.2 Å². The summed E-state index contributed by atoms with van der Waals surface area (Å²) >= 11 is 0. The van der Waals surface area contributed by atoms with E-state index in [1.54, 1.807) is 6.20 Å². The molecule has 1 aliphatic rings. The van der Waals surface area contributed by atoms with Gasteiger partial charge in [0.25, 0.3) is 0 Å². The van der Waals surface area contributed by atoms with Crippen LogP contribution in [0, 0.1) is 6.92 Å². The number of ether oxygens (including phenoxy) is 1. The third-order valence-electron chi connectivity index (χ3n) is 2.96. The molecule has 1 atom stereocenters. The number of hydrogen-bond acceptors (Lipinski definition) is 6. The molecule has 6 nitrogen and oxygen atoms in total. The monoisotopic (exact) mass is 237 g/mol. The quantitative estimate of drug-likeness (QED) is 0.538. The minimum absolute atomic E-state index is 0.0662. The first-order valence-electron chi connectivity index (χ1n) is 5.79. The third-order valence-corrected chi connectivity index (χ3v) is 2.96. The molecule has 0 spiro atoms. The van der Waals surface area contributed by atoms with E-state index < -0.39 is 0 Å². The first-order valence-corrected chi connectivity index (χ1v) is 5.79. The van der Waals surface area contributed by atoms with Gasteiger partial charge in [-0.05, 0) is 26.7 Å². The standard InChI is InChI=1S/C11H19N5O/c1-8-6-13-10(16-12)14-9(8)15-11(2)4-3-5-17-7-11/h6H,3-5,7,12H2,1-2H3,(H2,13,14,15,16). The minimum Gasteiger partial charge on any atom is -0.379 e. The number of aromatic nitrogens is 2. The van der Waals surface area contributed by atoms with Gasteiger partial charge in [-0.15, -0.1) is 0 Å². The maximum Gasteiger partial charge on any atom is 0.239 e. The summed E-state index contributed by atoms with van der Waals surface area (Å²) < 4.78 is 5.51. The van der Waals surface area contributed by atoms with Crippen LogP contribution in [-0.4, -0.2) is 28.7 Å². The van der Waals surface area contributed by atoms with E-state index in [4.69, 9.17) is 10.6 Å². The molecule has 0 aliphatic carbocycles. The Balaban J connectivity index is 2.16. The van der Waals surface area contributed by atoms with Crippen LogP contribution in [0.25, 0.3) is 0 Å². The van der Waals surface area contributed by atoms with E-state index in [1.807, 2.05) is 6.92 Å². The molecule has 1 saturated heterocycles. The Hall–Kier alpha value is -1.40. The van der Waals surface area contributed by atoms with Crippen LogP contribution in [0.1, 0.15) is 25.3 Å². The summed E-state index contributed by atoms with van der Waals surface area (Å²) in [4.78, 5) is 8.37. The van der Waals surface area contributed by atoms with Crippen LogP contribution < -0.4 is 16.6 Å². The lowest BCUT2D eigenvalue weighted by Crippen LogP contribution is -2.43. The molecule has 1 fully saturated rings. The van der Waals surface area contributed by atoms with Crippen LogP contribution in [0.4, 0.5) is 11.8 Å². The molecule has 6 heteroatoms. The van der Waals surface area contributed by atoms with Crippen molar-refractivity contribution in [3.8, 4) is 0 Å².